The third kappa shape index (κ3) is 6.18. The van der Waals surface area contributed by atoms with Crippen LogP contribution < -0.4 is 28.3 Å². The Morgan fingerprint density at radius 2 is 1.68 bits per heavy atom. The summed E-state index contributed by atoms with van der Waals surface area (Å²) in [6.45, 7) is 1.35. The fourth-order valence-corrected chi connectivity index (χ4v) is 5.01. The third-order valence-corrected chi connectivity index (χ3v) is 7.23. The van der Waals surface area contributed by atoms with Crippen molar-refractivity contribution in [2.75, 3.05) is 13.2 Å². The molecule has 4 rings (SSSR count). The number of hydrogen-bond acceptors (Lipinski definition) is 12. The average molecular weight is 538 g/mol. The molecule has 2 heterocycles. The van der Waals surface area contributed by atoms with Crippen LogP contribution in [0.5, 0.6) is 0 Å². The Bertz CT molecular complexity index is 982. The Labute approximate surface area is 221 Å². The molecule has 1 aliphatic carbocycles. The molecule has 0 unspecified atom stereocenters. The van der Waals surface area contributed by atoms with E-state index in [9.17, 15) is 20.1 Å². The summed E-state index contributed by atoms with van der Waals surface area (Å²) >= 11 is 0. The van der Waals surface area contributed by atoms with E-state index in [4.69, 9.17) is 41.9 Å². The number of carbonyl (C=O) groups is 1. The molecule has 2 fully saturated rings. The van der Waals surface area contributed by atoms with Gasteiger partial charge < -0.3 is 62.5 Å². The smallest absolute Gasteiger partial charge is 0.251 e. The first-order valence-electron chi connectivity index (χ1n) is 12.7. The van der Waals surface area contributed by atoms with Crippen molar-refractivity contribution in [3.8, 4) is 0 Å². The number of nitrogens with one attached hydrogen (secondary N) is 1. The fraction of sp³-hybridized carbons (Fsp3) is 0.640. The maximum atomic E-state index is 12.7. The number of rotatable bonds is 7. The van der Waals surface area contributed by atoms with Crippen LogP contribution in [-0.4, -0.2) is 101 Å². The zero-order valence-corrected chi connectivity index (χ0v) is 21.3. The van der Waals surface area contributed by atoms with Gasteiger partial charge in [0, 0.05) is 17.6 Å². The molecule has 0 bridgehead atoms. The standard InChI is InChI=1S/C25H39N5O8/c1-25(34)11-35-24(18(32)21(25)30-22(33)12-5-3-2-4-6-12)38-20-16(29)9-15(28)19(17(20)31)37-23-14(27)8-7-13(10-26)36-23/h2-7,14-21,23-24,31-32,34H,8-11,26-29H2,1H3,(H,30,33)/t14-,15+,16-,17+,18-,19-,20+,21-,23-,24-,25+/m1/s1. The van der Waals surface area contributed by atoms with Gasteiger partial charge in [-0.15, -0.1) is 0 Å². The highest BCUT2D eigenvalue weighted by Gasteiger charge is 2.51. The first kappa shape index (κ1) is 28.8. The number of aliphatic hydroxyl groups excluding tert-OH is 2. The summed E-state index contributed by atoms with van der Waals surface area (Å²) in [6.07, 6.45) is -4.55. The Morgan fingerprint density at radius 1 is 1.05 bits per heavy atom. The van der Waals surface area contributed by atoms with Crippen molar-refractivity contribution >= 4 is 5.91 Å². The molecule has 1 amide bonds. The zero-order valence-electron chi connectivity index (χ0n) is 21.3. The maximum Gasteiger partial charge on any atom is 0.251 e. The molecule has 1 saturated carbocycles. The van der Waals surface area contributed by atoms with Crippen LogP contribution in [0.25, 0.3) is 0 Å². The van der Waals surface area contributed by atoms with Gasteiger partial charge >= 0.3 is 0 Å². The van der Waals surface area contributed by atoms with E-state index in [0.717, 1.165) is 0 Å². The lowest BCUT2D eigenvalue weighted by atomic mass is 9.84. The molecule has 3 aliphatic rings. The molecule has 1 aromatic carbocycles. The molecule has 0 spiro atoms. The molecule has 13 heteroatoms. The van der Waals surface area contributed by atoms with Gasteiger partial charge in [-0.05, 0) is 38.0 Å². The number of aliphatic hydroxyl groups is 3. The molecule has 38 heavy (non-hydrogen) atoms. The summed E-state index contributed by atoms with van der Waals surface area (Å²) in [5, 5.41) is 35.8. The lowest BCUT2D eigenvalue weighted by molar-refractivity contribution is -0.302. The van der Waals surface area contributed by atoms with Gasteiger partial charge in [0.15, 0.2) is 6.29 Å². The van der Waals surface area contributed by atoms with Crippen LogP contribution in [0.1, 0.15) is 30.1 Å². The molecule has 0 aromatic heterocycles. The van der Waals surface area contributed by atoms with Crippen molar-refractivity contribution in [3.05, 3.63) is 47.7 Å². The van der Waals surface area contributed by atoms with E-state index < -0.39 is 72.7 Å². The summed E-state index contributed by atoms with van der Waals surface area (Å²) in [5.74, 6) is 0.0357. The molecule has 1 saturated heterocycles. The van der Waals surface area contributed by atoms with Crippen molar-refractivity contribution in [1.29, 1.82) is 0 Å². The van der Waals surface area contributed by atoms with Crippen molar-refractivity contribution in [2.45, 2.75) is 86.5 Å². The highest BCUT2D eigenvalue weighted by Crippen LogP contribution is 2.31. The van der Waals surface area contributed by atoms with Crippen LogP contribution in [0, 0.1) is 0 Å². The van der Waals surface area contributed by atoms with E-state index in [0.29, 0.717) is 17.7 Å². The third-order valence-electron chi connectivity index (χ3n) is 7.23. The average Bonchev–Trinajstić information content (AvgIpc) is 2.89. The van der Waals surface area contributed by atoms with Crippen LogP contribution in [0.2, 0.25) is 0 Å². The maximum absolute atomic E-state index is 12.7. The van der Waals surface area contributed by atoms with Crippen LogP contribution in [0.4, 0.5) is 0 Å². The molecule has 12 N–H and O–H groups in total. The van der Waals surface area contributed by atoms with Gasteiger partial charge in [-0.1, -0.05) is 18.2 Å². The van der Waals surface area contributed by atoms with Crippen LogP contribution in [0.3, 0.4) is 0 Å². The minimum Gasteiger partial charge on any atom is -0.467 e. The van der Waals surface area contributed by atoms with Gasteiger partial charge in [0.25, 0.3) is 5.91 Å². The van der Waals surface area contributed by atoms with Crippen LogP contribution >= 0.6 is 0 Å². The van der Waals surface area contributed by atoms with Crippen molar-refractivity contribution in [2.24, 2.45) is 22.9 Å². The number of ether oxygens (including phenoxy) is 4. The topological polar surface area (TPSA) is 231 Å². The normalized spacial score (nSPS) is 41.6. The van der Waals surface area contributed by atoms with Crippen LogP contribution in [0.15, 0.2) is 42.2 Å². The Hall–Kier alpha value is -2.17. The van der Waals surface area contributed by atoms with Gasteiger partial charge in [-0.3, -0.25) is 4.79 Å². The number of hydrogen-bond donors (Lipinski definition) is 8. The second kappa shape index (κ2) is 11.9. The first-order chi connectivity index (χ1) is 18.0. The van der Waals surface area contributed by atoms with Gasteiger partial charge in [-0.2, -0.15) is 0 Å². The lowest BCUT2D eigenvalue weighted by Crippen LogP contribution is -2.69. The second-order valence-corrected chi connectivity index (χ2v) is 10.4. The van der Waals surface area contributed by atoms with E-state index in [1.54, 1.807) is 36.4 Å². The SMILES string of the molecule is C[C@]1(O)CO[C@H](O[C@@H]2[C@@H](O)[C@H](O[C@H]3OC(CN)=CC[C@H]3N)[C@@H](N)C[C@H]2N)[C@H](O)[C@H]1NC(=O)c1ccccc1. The van der Waals surface area contributed by atoms with Crippen LogP contribution in [-0.2, 0) is 18.9 Å². The highest BCUT2D eigenvalue weighted by atomic mass is 16.7. The highest BCUT2D eigenvalue weighted by molar-refractivity contribution is 5.94. The Kier molecular flexibility index (Phi) is 9.04. The molecular weight excluding hydrogens is 498 g/mol. The Morgan fingerprint density at radius 3 is 2.32 bits per heavy atom. The summed E-state index contributed by atoms with van der Waals surface area (Å²) in [6, 6.07) is 5.37. The summed E-state index contributed by atoms with van der Waals surface area (Å²) < 4.78 is 23.3. The largest absolute Gasteiger partial charge is 0.467 e. The predicted molar refractivity (Wildman–Crippen MR) is 135 cm³/mol. The minimum atomic E-state index is -1.60. The molecule has 212 valence electrons. The summed E-state index contributed by atoms with van der Waals surface area (Å²) in [5.41, 5.74) is 23.1. The van der Waals surface area contributed by atoms with E-state index in [1.807, 2.05) is 0 Å². The van der Waals surface area contributed by atoms with E-state index in [-0.39, 0.29) is 19.6 Å². The zero-order chi connectivity index (χ0) is 27.6. The van der Waals surface area contributed by atoms with Gasteiger partial charge in [0.05, 0.1) is 25.2 Å². The quantitative estimate of drug-likeness (QED) is 0.178. The monoisotopic (exact) mass is 537 g/mol. The predicted octanol–water partition coefficient (Wildman–Crippen LogP) is -2.64. The molecule has 2 aliphatic heterocycles. The summed E-state index contributed by atoms with van der Waals surface area (Å²) in [4.78, 5) is 12.7. The Balaban J connectivity index is 1.45. The fourth-order valence-electron chi connectivity index (χ4n) is 5.01. The molecular formula is C25H39N5O8. The van der Waals surface area contributed by atoms with E-state index >= 15 is 0 Å². The van der Waals surface area contributed by atoms with Crippen molar-refractivity contribution in [1.82, 2.24) is 5.32 Å². The van der Waals surface area contributed by atoms with Crippen molar-refractivity contribution < 1.29 is 39.1 Å². The number of amides is 1. The van der Waals surface area contributed by atoms with E-state index in [2.05, 4.69) is 5.32 Å². The van der Waals surface area contributed by atoms with Gasteiger partial charge in [0.2, 0.25) is 6.29 Å². The van der Waals surface area contributed by atoms with Gasteiger partial charge in [0.1, 0.15) is 35.8 Å². The van der Waals surface area contributed by atoms with E-state index in [1.165, 1.54) is 6.92 Å². The molecule has 11 atom stereocenters. The lowest BCUT2D eigenvalue weighted by Gasteiger charge is -2.48. The van der Waals surface area contributed by atoms with Crippen molar-refractivity contribution in [3.63, 3.8) is 0 Å². The number of benzene rings is 1. The molecule has 1 aromatic rings. The minimum absolute atomic E-state index is 0.172. The molecule has 0 radical (unpaired) electrons. The van der Waals surface area contributed by atoms with Gasteiger partial charge in [-0.25, -0.2) is 0 Å². The second-order valence-electron chi connectivity index (χ2n) is 10.4. The first-order valence-corrected chi connectivity index (χ1v) is 12.7. The number of carbonyl (C=O) groups excluding carboxylic acids is 1. The number of nitrogens with two attached hydrogens (primary N) is 4. The summed E-state index contributed by atoms with van der Waals surface area (Å²) in [7, 11) is 0. The molecule has 13 nitrogen and oxygen atoms in total.